The van der Waals surface area contributed by atoms with Gasteiger partial charge in [0.05, 0.1) is 12.0 Å². The summed E-state index contributed by atoms with van der Waals surface area (Å²) in [6.45, 7) is 4.49. The summed E-state index contributed by atoms with van der Waals surface area (Å²) in [5.74, 6) is -0.143. The van der Waals surface area contributed by atoms with Crippen LogP contribution >= 0.6 is 0 Å². The van der Waals surface area contributed by atoms with E-state index in [1.807, 2.05) is 24.3 Å². The highest BCUT2D eigenvalue weighted by Crippen LogP contribution is 2.59. The molecule has 1 atom stereocenters. The molecule has 1 saturated carbocycles. The van der Waals surface area contributed by atoms with Gasteiger partial charge in [0.25, 0.3) is 0 Å². The number of nitrogens with one attached hydrogen (secondary N) is 2. The Hall–Kier alpha value is -2.90. The van der Waals surface area contributed by atoms with E-state index >= 15 is 0 Å². The number of ether oxygens (including phenoxy) is 2. The first kappa shape index (κ1) is 23.8. The van der Waals surface area contributed by atoms with E-state index in [-0.39, 0.29) is 24.4 Å². The number of carbonyl (C=O) groups excluding carboxylic acids is 2. The van der Waals surface area contributed by atoms with Crippen molar-refractivity contribution in [2.75, 3.05) is 26.1 Å². The molecular weight excluding hydrogens is 406 g/mol. The first-order chi connectivity index (χ1) is 15.3. The average Bonchev–Trinajstić information content (AvgIpc) is 3.58. The number of nitrogens with two attached hydrogens (primary N) is 1. The van der Waals surface area contributed by atoms with Crippen LogP contribution in [0.4, 0.5) is 10.5 Å². The molecule has 0 bridgehead atoms. The SMILES string of the molecule is COC(CNC(=O)Nc1ccccc1C(c1ccc(C(C)C)cc1)C1(C(N)=O)CC1)OC. The number of rotatable bonds is 10. The number of anilines is 1. The summed E-state index contributed by atoms with van der Waals surface area (Å²) in [6.07, 6.45) is 0.916. The van der Waals surface area contributed by atoms with E-state index in [2.05, 4.69) is 48.7 Å². The molecule has 1 aliphatic carbocycles. The Labute approximate surface area is 189 Å². The summed E-state index contributed by atoms with van der Waals surface area (Å²) in [5, 5.41) is 5.66. The molecular formula is C25H33N3O4. The predicted octanol–water partition coefficient (Wildman–Crippen LogP) is 3.95. The van der Waals surface area contributed by atoms with Gasteiger partial charge in [-0.1, -0.05) is 56.3 Å². The molecule has 4 N–H and O–H groups in total. The number of primary amides is 1. The molecule has 3 rings (SSSR count). The molecule has 1 unspecified atom stereocenters. The fourth-order valence-electron chi connectivity index (χ4n) is 4.15. The van der Waals surface area contributed by atoms with E-state index in [4.69, 9.17) is 15.2 Å². The van der Waals surface area contributed by atoms with Crippen LogP contribution in [0.1, 0.15) is 55.2 Å². The lowest BCUT2D eigenvalue weighted by atomic mass is 9.76. The second-order valence-electron chi connectivity index (χ2n) is 8.60. The van der Waals surface area contributed by atoms with Gasteiger partial charge in [0.1, 0.15) is 0 Å². The van der Waals surface area contributed by atoms with E-state index in [1.54, 1.807) is 0 Å². The smallest absolute Gasteiger partial charge is 0.319 e. The number of urea groups is 1. The minimum atomic E-state index is -0.648. The maximum absolute atomic E-state index is 12.6. The number of hydrogen-bond donors (Lipinski definition) is 3. The molecule has 172 valence electrons. The van der Waals surface area contributed by atoms with E-state index < -0.39 is 11.7 Å². The summed E-state index contributed by atoms with van der Waals surface area (Å²) < 4.78 is 10.2. The Bertz CT molecular complexity index is 934. The zero-order valence-corrected chi connectivity index (χ0v) is 19.2. The van der Waals surface area contributed by atoms with Gasteiger partial charge in [0.2, 0.25) is 5.91 Å². The van der Waals surface area contributed by atoms with Crippen LogP contribution in [0.25, 0.3) is 0 Å². The lowest BCUT2D eigenvalue weighted by molar-refractivity contribution is -0.123. The first-order valence-corrected chi connectivity index (χ1v) is 10.9. The first-order valence-electron chi connectivity index (χ1n) is 10.9. The summed E-state index contributed by atoms with van der Waals surface area (Å²) in [5.41, 5.74) is 8.99. The molecule has 32 heavy (non-hydrogen) atoms. The van der Waals surface area contributed by atoms with Crippen molar-refractivity contribution in [1.82, 2.24) is 5.32 Å². The third-order valence-electron chi connectivity index (χ3n) is 6.24. The summed E-state index contributed by atoms with van der Waals surface area (Å²) in [4.78, 5) is 25.1. The highest BCUT2D eigenvalue weighted by atomic mass is 16.7. The minimum Gasteiger partial charge on any atom is -0.369 e. The van der Waals surface area contributed by atoms with Crippen LogP contribution in [0.15, 0.2) is 48.5 Å². The zero-order chi connectivity index (χ0) is 23.3. The van der Waals surface area contributed by atoms with Gasteiger partial charge in [0.15, 0.2) is 6.29 Å². The van der Waals surface area contributed by atoms with E-state index in [0.29, 0.717) is 11.6 Å². The standard InChI is InChI=1S/C25H33N3O4/c1-16(2)17-9-11-18(12-10-17)22(25(13-14-25)23(26)29)19-7-5-6-8-20(19)28-24(30)27-15-21(31-3)32-4/h5-12,16,21-22H,13-15H2,1-4H3,(H2,26,29)(H2,27,28,30). The van der Waals surface area contributed by atoms with Crippen LogP contribution in [-0.2, 0) is 14.3 Å². The van der Waals surface area contributed by atoms with Gasteiger partial charge >= 0.3 is 6.03 Å². The van der Waals surface area contributed by atoms with Crippen LogP contribution in [-0.4, -0.2) is 39.0 Å². The van der Waals surface area contributed by atoms with Crippen LogP contribution in [0.3, 0.4) is 0 Å². The molecule has 2 aromatic rings. The van der Waals surface area contributed by atoms with Gasteiger partial charge in [-0.05, 0) is 41.5 Å². The highest BCUT2D eigenvalue weighted by molar-refractivity contribution is 5.91. The van der Waals surface area contributed by atoms with Crippen LogP contribution in [0, 0.1) is 5.41 Å². The van der Waals surface area contributed by atoms with Gasteiger partial charge in [0, 0.05) is 25.8 Å². The molecule has 1 fully saturated rings. The molecule has 7 heteroatoms. The fraction of sp³-hybridized carbons (Fsp3) is 0.440. The molecule has 0 spiro atoms. The van der Waals surface area contributed by atoms with Crippen molar-refractivity contribution >= 4 is 17.6 Å². The van der Waals surface area contributed by atoms with E-state index in [1.165, 1.54) is 19.8 Å². The average molecular weight is 440 g/mol. The normalized spacial score (nSPS) is 15.4. The van der Waals surface area contributed by atoms with Crippen molar-refractivity contribution in [2.24, 2.45) is 11.1 Å². The molecule has 2 aromatic carbocycles. The zero-order valence-electron chi connectivity index (χ0n) is 19.2. The Morgan fingerprint density at radius 2 is 1.59 bits per heavy atom. The van der Waals surface area contributed by atoms with Gasteiger partial charge in [-0.25, -0.2) is 4.79 Å². The number of carbonyl (C=O) groups is 2. The Morgan fingerprint density at radius 3 is 2.12 bits per heavy atom. The Morgan fingerprint density at radius 1 is 1.00 bits per heavy atom. The molecule has 0 radical (unpaired) electrons. The molecule has 3 amide bonds. The van der Waals surface area contributed by atoms with Crippen molar-refractivity contribution < 1.29 is 19.1 Å². The van der Waals surface area contributed by atoms with Crippen LogP contribution in [0.5, 0.6) is 0 Å². The number of para-hydroxylation sites is 1. The lowest BCUT2D eigenvalue weighted by Crippen LogP contribution is -2.37. The summed E-state index contributed by atoms with van der Waals surface area (Å²) in [6, 6.07) is 15.5. The molecule has 0 heterocycles. The fourth-order valence-corrected chi connectivity index (χ4v) is 4.15. The molecule has 0 saturated heterocycles. The van der Waals surface area contributed by atoms with Crippen LogP contribution < -0.4 is 16.4 Å². The number of methoxy groups -OCH3 is 2. The maximum atomic E-state index is 12.6. The summed E-state index contributed by atoms with van der Waals surface area (Å²) >= 11 is 0. The Kier molecular flexibility index (Phi) is 7.53. The lowest BCUT2D eigenvalue weighted by Gasteiger charge is -2.28. The van der Waals surface area contributed by atoms with Gasteiger partial charge in [-0.15, -0.1) is 0 Å². The second kappa shape index (κ2) is 10.1. The largest absolute Gasteiger partial charge is 0.369 e. The third-order valence-corrected chi connectivity index (χ3v) is 6.24. The minimum absolute atomic E-state index is 0.201. The molecule has 0 aromatic heterocycles. The van der Waals surface area contributed by atoms with Crippen molar-refractivity contribution in [3.05, 3.63) is 65.2 Å². The number of hydrogen-bond acceptors (Lipinski definition) is 4. The summed E-state index contributed by atoms with van der Waals surface area (Å²) in [7, 11) is 3.02. The second-order valence-corrected chi connectivity index (χ2v) is 8.60. The Balaban J connectivity index is 1.93. The van der Waals surface area contributed by atoms with Gasteiger partial charge in [-0.3, -0.25) is 4.79 Å². The monoisotopic (exact) mass is 439 g/mol. The van der Waals surface area contributed by atoms with Crippen molar-refractivity contribution in [2.45, 2.75) is 44.8 Å². The van der Waals surface area contributed by atoms with Crippen molar-refractivity contribution in [1.29, 1.82) is 0 Å². The molecule has 7 nitrogen and oxygen atoms in total. The van der Waals surface area contributed by atoms with Gasteiger partial charge < -0.3 is 25.8 Å². The highest BCUT2D eigenvalue weighted by Gasteiger charge is 2.55. The van der Waals surface area contributed by atoms with Gasteiger partial charge in [-0.2, -0.15) is 0 Å². The third kappa shape index (κ3) is 5.11. The van der Waals surface area contributed by atoms with Crippen molar-refractivity contribution in [3.63, 3.8) is 0 Å². The maximum Gasteiger partial charge on any atom is 0.319 e. The van der Waals surface area contributed by atoms with Crippen LogP contribution in [0.2, 0.25) is 0 Å². The van der Waals surface area contributed by atoms with E-state index in [0.717, 1.165) is 24.0 Å². The number of amides is 3. The predicted molar refractivity (Wildman–Crippen MR) is 125 cm³/mol. The van der Waals surface area contributed by atoms with E-state index in [9.17, 15) is 9.59 Å². The van der Waals surface area contributed by atoms with Crippen molar-refractivity contribution in [3.8, 4) is 0 Å². The molecule has 1 aliphatic rings. The number of benzene rings is 2. The topological polar surface area (TPSA) is 103 Å². The molecule has 0 aliphatic heterocycles. The quantitative estimate of drug-likeness (QED) is 0.488.